The van der Waals surface area contributed by atoms with Gasteiger partial charge in [-0.15, -0.1) is 10.2 Å². The highest BCUT2D eigenvalue weighted by Gasteiger charge is 2.10. The normalized spacial score (nSPS) is 11.5. The molecule has 0 saturated carbocycles. The number of azo groups is 1. The molecule has 0 aliphatic heterocycles. The number of carbonyl (C=O) groups excluding carboxylic acids is 1. The molecule has 1 amide bonds. The van der Waals surface area contributed by atoms with E-state index >= 15 is 0 Å². The van der Waals surface area contributed by atoms with Crippen molar-refractivity contribution in [1.29, 1.82) is 0 Å². The topological polar surface area (TPSA) is 90.7 Å². The van der Waals surface area contributed by atoms with Crippen LogP contribution in [0.5, 0.6) is 5.88 Å². The van der Waals surface area contributed by atoms with Crippen LogP contribution in [0.4, 0.5) is 5.69 Å². The molecule has 7 heteroatoms. The van der Waals surface area contributed by atoms with Crippen LogP contribution in [0.3, 0.4) is 0 Å². The van der Waals surface area contributed by atoms with Crippen molar-refractivity contribution in [2.45, 2.75) is 5.03 Å². The average Bonchev–Trinajstić information content (AvgIpc) is 2.99. The fourth-order valence-electron chi connectivity index (χ4n) is 2.61. The van der Waals surface area contributed by atoms with Gasteiger partial charge in [0, 0.05) is 10.8 Å². The van der Waals surface area contributed by atoms with Gasteiger partial charge in [-0.3, -0.25) is 4.79 Å². The lowest BCUT2D eigenvalue weighted by molar-refractivity contribution is -0.115. The molecule has 0 radical (unpaired) electrons. The van der Waals surface area contributed by atoms with Crippen molar-refractivity contribution in [3.8, 4) is 5.88 Å². The van der Waals surface area contributed by atoms with Gasteiger partial charge in [0.25, 0.3) is 5.91 Å². The third kappa shape index (κ3) is 3.29. The van der Waals surface area contributed by atoms with E-state index in [0.29, 0.717) is 5.39 Å². The summed E-state index contributed by atoms with van der Waals surface area (Å²) in [5.74, 6) is -0.376. The van der Waals surface area contributed by atoms with Crippen molar-refractivity contribution in [3.05, 3.63) is 60.7 Å². The largest absolute Gasteiger partial charge is 0.493 e. The first-order valence-electron chi connectivity index (χ1n) is 7.93. The standard InChI is InChI=1S/C19H14N4O2S/c24-16(11-26-17-10-9-12-5-1-3-7-14(12)20-17)22-23-18-13-6-2-4-8-15(13)21-19(18)25/h1-10,21,25H,11H2. The molecule has 0 bridgehead atoms. The first-order chi connectivity index (χ1) is 12.7. The molecule has 6 nitrogen and oxygen atoms in total. The number of nitrogens with one attached hydrogen (secondary N) is 1. The number of aromatic amines is 1. The van der Waals surface area contributed by atoms with Gasteiger partial charge in [-0.2, -0.15) is 0 Å². The number of aromatic hydroxyl groups is 1. The summed E-state index contributed by atoms with van der Waals surface area (Å²) in [6.07, 6.45) is 0. The number of pyridine rings is 1. The molecule has 0 aliphatic rings. The average molecular weight is 362 g/mol. The Kier molecular flexibility index (Phi) is 4.37. The molecule has 0 spiro atoms. The number of hydrogen-bond acceptors (Lipinski definition) is 5. The Bertz CT molecular complexity index is 1140. The summed E-state index contributed by atoms with van der Waals surface area (Å²) in [5, 5.41) is 20.1. The molecule has 4 aromatic rings. The number of rotatable bonds is 4. The van der Waals surface area contributed by atoms with E-state index in [0.717, 1.165) is 21.4 Å². The number of carbonyl (C=O) groups is 1. The van der Waals surface area contributed by atoms with Gasteiger partial charge in [0.1, 0.15) is 0 Å². The zero-order valence-electron chi connectivity index (χ0n) is 13.6. The van der Waals surface area contributed by atoms with Crippen LogP contribution in [0.15, 0.2) is 75.9 Å². The summed E-state index contributed by atoms with van der Waals surface area (Å²) in [6.45, 7) is 0. The SMILES string of the molecule is O=C(CSc1ccc2ccccc2n1)N=Nc1c(O)[nH]c2ccccc12. The summed E-state index contributed by atoms with van der Waals surface area (Å²) in [7, 11) is 0. The molecule has 26 heavy (non-hydrogen) atoms. The molecule has 0 atom stereocenters. The highest BCUT2D eigenvalue weighted by Crippen LogP contribution is 2.35. The number of hydrogen-bond donors (Lipinski definition) is 2. The van der Waals surface area contributed by atoms with Crippen molar-refractivity contribution in [2.24, 2.45) is 10.2 Å². The van der Waals surface area contributed by atoms with Crippen LogP contribution in [0.25, 0.3) is 21.8 Å². The Labute approximate surface area is 153 Å². The van der Waals surface area contributed by atoms with Crippen LogP contribution < -0.4 is 0 Å². The number of nitrogens with zero attached hydrogens (tertiary/aromatic N) is 3. The van der Waals surface area contributed by atoms with Crippen LogP contribution in [0.1, 0.15) is 0 Å². The lowest BCUT2D eigenvalue weighted by atomic mass is 10.2. The minimum absolute atomic E-state index is 0.105. The van der Waals surface area contributed by atoms with Gasteiger partial charge in [-0.05, 0) is 18.2 Å². The van der Waals surface area contributed by atoms with Gasteiger partial charge in [0.2, 0.25) is 5.88 Å². The number of H-pyrrole nitrogens is 1. The fourth-order valence-corrected chi connectivity index (χ4v) is 3.27. The van der Waals surface area contributed by atoms with E-state index in [9.17, 15) is 9.90 Å². The second kappa shape index (κ2) is 6.97. The van der Waals surface area contributed by atoms with E-state index < -0.39 is 5.91 Å². The third-order valence-electron chi connectivity index (χ3n) is 3.84. The summed E-state index contributed by atoms with van der Waals surface area (Å²) < 4.78 is 0. The van der Waals surface area contributed by atoms with Gasteiger partial charge in [-0.1, -0.05) is 54.2 Å². The molecule has 2 aromatic carbocycles. The molecule has 128 valence electrons. The smallest absolute Gasteiger partial charge is 0.274 e. The van der Waals surface area contributed by atoms with Crippen molar-refractivity contribution >= 4 is 45.2 Å². The molecule has 0 unspecified atom stereocenters. The minimum atomic E-state index is -0.394. The summed E-state index contributed by atoms with van der Waals surface area (Å²) in [6, 6.07) is 19.0. The Morgan fingerprint density at radius 1 is 1.08 bits per heavy atom. The summed E-state index contributed by atoms with van der Waals surface area (Å²) >= 11 is 1.30. The summed E-state index contributed by atoms with van der Waals surface area (Å²) in [4.78, 5) is 19.3. The van der Waals surface area contributed by atoms with E-state index in [1.54, 1.807) is 6.07 Å². The van der Waals surface area contributed by atoms with E-state index in [1.807, 2.05) is 54.6 Å². The van der Waals surface area contributed by atoms with Crippen molar-refractivity contribution < 1.29 is 9.90 Å². The number of benzene rings is 2. The third-order valence-corrected chi connectivity index (χ3v) is 4.75. The van der Waals surface area contributed by atoms with E-state index in [1.165, 1.54) is 11.8 Å². The predicted octanol–water partition coefficient (Wildman–Crippen LogP) is 4.82. The van der Waals surface area contributed by atoms with Gasteiger partial charge in [-0.25, -0.2) is 4.98 Å². The first kappa shape index (κ1) is 16.3. The Hall–Kier alpha value is -3.19. The molecule has 4 rings (SSSR count). The monoisotopic (exact) mass is 362 g/mol. The first-order valence-corrected chi connectivity index (χ1v) is 8.92. The van der Waals surface area contributed by atoms with Crippen LogP contribution in [0, 0.1) is 0 Å². The molecular formula is C19H14N4O2S. The molecule has 0 saturated heterocycles. The Balaban J connectivity index is 1.46. The van der Waals surface area contributed by atoms with Crippen molar-refractivity contribution in [2.75, 3.05) is 5.75 Å². The molecular weight excluding hydrogens is 348 g/mol. The highest BCUT2D eigenvalue weighted by atomic mass is 32.2. The van der Waals surface area contributed by atoms with Gasteiger partial charge in [0.05, 0.1) is 21.8 Å². The van der Waals surface area contributed by atoms with Crippen LogP contribution in [-0.2, 0) is 4.79 Å². The molecule has 2 heterocycles. The van der Waals surface area contributed by atoms with Crippen LogP contribution in [-0.4, -0.2) is 26.7 Å². The minimum Gasteiger partial charge on any atom is -0.493 e. The lowest BCUT2D eigenvalue weighted by Gasteiger charge is -2.00. The lowest BCUT2D eigenvalue weighted by Crippen LogP contribution is -1.96. The van der Waals surface area contributed by atoms with Gasteiger partial charge in [0.15, 0.2) is 5.69 Å². The van der Waals surface area contributed by atoms with Crippen LogP contribution >= 0.6 is 11.8 Å². The fraction of sp³-hybridized carbons (Fsp3) is 0.0526. The van der Waals surface area contributed by atoms with Gasteiger partial charge >= 0.3 is 0 Å². The van der Waals surface area contributed by atoms with E-state index in [-0.39, 0.29) is 17.3 Å². The number of thioether (sulfide) groups is 1. The Morgan fingerprint density at radius 2 is 1.88 bits per heavy atom. The number of amides is 1. The molecule has 0 aliphatic carbocycles. The second-order valence-electron chi connectivity index (χ2n) is 5.59. The maximum atomic E-state index is 12.0. The Morgan fingerprint density at radius 3 is 2.81 bits per heavy atom. The van der Waals surface area contributed by atoms with E-state index in [4.69, 9.17) is 0 Å². The zero-order valence-corrected chi connectivity index (χ0v) is 14.4. The maximum Gasteiger partial charge on any atom is 0.274 e. The number of aromatic nitrogens is 2. The zero-order chi connectivity index (χ0) is 17.9. The van der Waals surface area contributed by atoms with Gasteiger partial charge < -0.3 is 10.1 Å². The highest BCUT2D eigenvalue weighted by molar-refractivity contribution is 7.99. The number of fused-ring (bicyclic) bond motifs is 2. The second-order valence-corrected chi connectivity index (χ2v) is 6.59. The van der Waals surface area contributed by atoms with Crippen LogP contribution in [0.2, 0.25) is 0 Å². The summed E-state index contributed by atoms with van der Waals surface area (Å²) in [5.41, 5.74) is 1.89. The molecule has 2 aromatic heterocycles. The molecule has 0 fully saturated rings. The number of para-hydroxylation sites is 2. The van der Waals surface area contributed by atoms with Crippen molar-refractivity contribution in [3.63, 3.8) is 0 Å². The molecule has 2 N–H and O–H groups in total. The van der Waals surface area contributed by atoms with E-state index in [2.05, 4.69) is 20.2 Å². The maximum absolute atomic E-state index is 12.0. The predicted molar refractivity (Wildman–Crippen MR) is 102 cm³/mol. The quantitative estimate of drug-likeness (QED) is 0.402. The van der Waals surface area contributed by atoms with Crippen molar-refractivity contribution in [1.82, 2.24) is 9.97 Å².